The number of benzene rings is 1. The van der Waals surface area contributed by atoms with E-state index in [0.717, 1.165) is 18.6 Å². The monoisotopic (exact) mass is 374 g/mol. The number of carbonyl (C=O) groups excluding carboxylic acids is 2. The molecule has 6 heteroatoms. The first-order chi connectivity index (χ1) is 13.0. The highest BCUT2D eigenvalue weighted by atomic mass is 16.6. The second-order valence-electron chi connectivity index (χ2n) is 7.57. The SMILES string of the molecule is CCCC(C)N1CC2(CCN(C(=O)c3ccc(OCC)cc3)CC2)OC1=O. The average Bonchev–Trinajstić information content (AvgIpc) is 2.99. The molecule has 1 atom stereocenters. The van der Waals surface area contributed by atoms with Gasteiger partial charge in [0.1, 0.15) is 11.4 Å². The van der Waals surface area contributed by atoms with E-state index in [-0.39, 0.29) is 18.0 Å². The minimum atomic E-state index is -0.436. The summed E-state index contributed by atoms with van der Waals surface area (Å²) < 4.78 is 11.2. The van der Waals surface area contributed by atoms with Crippen LogP contribution in [0.25, 0.3) is 0 Å². The van der Waals surface area contributed by atoms with Crippen LogP contribution in [0.3, 0.4) is 0 Å². The highest BCUT2D eigenvalue weighted by Gasteiger charge is 2.48. The Labute approximate surface area is 161 Å². The second-order valence-corrected chi connectivity index (χ2v) is 7.57. The zero-order valence-electron chi connectivity index (χ0n) is 16.6. The van der Waals surface area contributed by atoms with Gasteiger partial charge in [-0.25, -0.2) is 4.79 Å². The van der Waals surface area contributed by atoms with Crippen LogP contribution in [0.1, 0.15) is 56.8 Å². The number of nitrogens with zero attached hydrogens (tertiary/aromatic N) is 2. The summed E-state index contributed by atoms with van der Waals surface area (Å²) >= 11 is 0. The third kappa shape index (κ3) is 4.20. The van der Waals surface area contributed by atoms with E-state index in [0.29, 0.717) is 44.6 Å². The Kier molecular flexibility index (Phi) is 5.92. The maximum absolute atomic E-state index is 12.8. The normalized spacial score (nSPS) is 19.9. The minimum absolute atomic E-state index is 0.0217. The fraction of sp³-hybridized carbons (Fsp3) is 0.619. The van der Waals surface area contributed by atoms with Crippen molar-refractivity contribution in [2.24, 2.45) is 0 Å². The minimum Gasteiger partial charge on any atom is -0.494 e. The average molecular weight is 374 g/mol. The first-order valence-corrected chi connectivity index (χ1v) is 10.00. The van der Waals surface area contributed by atoms with E-state index in [4.69, 9.17) is 9.47 Å². The summed E-state index contributed by atoms with van der Waals surface area (Å²) in [5, 5.41) is 0. The molecule has 0 saturated carbocycles. The van der Waals surface area contributed by atoms with Crippen molar-refractivity contribution in [3.05, 3.63) is 29.8 Å². The Bertz CT molecular complexity index is 665. The highest BCUT2D eigenvalue weighted by Crippen LogP contribution is 2.35. The largest absolute Gasteiger partial charge is 0.494 e. The van der Waals surface area contributed by atoms with Gasteiger partial charge < -0.3 is 19.3 Å². The lowest BCUT2D eigenvalue weighted by Crippen LogP contribution is -2.49. The number of likely N-dealkylation sites (tertiary alicyclic amines) is 1. The van der Waals surface area contributed by atoms with Crippen LogP contribution in [0, 0.1) is 0 Å². The van der Waals surface area contributed by atoms with Crippen LogP contribution in [0.15, 0.2) is 24.3 Å². The summed E-state index contributed by atoms with van der Waals surface area (Å²) in [6.07, 6.45) is 3.20. The van der Waals surface area contributed by atoms with Gasteiger partial charge in [0.25, 0.3) is 5.91 Å². The van der Waals surface area contributed by atoms with Crippen LogP contribution >= 0.6 is 0 Å². The van der Waals surface area contributed by atoms with Crippen molar-refractivity contribution in [3.63, 3.8) is 0 Å². The number of carbonyl (C=O) groups is 2. The molecular formula is C21H30N2O4. The Hall–Kier alpha value is -2.24. The molecule has 0 radical (unpaired) electrons. The van der Waals surface area contributed by atoms with Gasteiger partial charge in [0.15, 0.2) is 0 Å². The van der Waals surface area contributed by atoms with Crippen LogP contribution in [0.5, 0.6) is 5.75 Å². The Morgan fingerprint density at radius 2 is 1.89 bits per heavy atom. The summed E-state index contributed by atoms with van der Waals surface area (Å²) in [6, 6.07) is 7.47. The fourth-order valence-electron chi connectivity index (χ4n) is 3.98. The van der Waals surface area contributed by atoms with E-state index in [1.807, 2.05) is 41.0 Å². The standard InChI is InChI=1S/C21H30N2O4/c1-4-6-16(3)23-15-21(27-20(23)25)11-13-22(14-12-21)19(24)17-7-9-18(10-8-17)26-5-2/h7-10,16H,4-6,11-15H2,1-3H3. The van der Waals surface area contributed by atoms with Gasteiger partial charge in [-0.05, 0) is 44.5 Å². The molecule has 1 aromatic carbocycles. The molecular weight excluding hydrogens is 344 g/mol. The van der Waals surface area contributed by atoms with Crippen LogP contribution in [-0.2, 0) is 4.74 Å². The molecule has 2 heterocycles. The van der Waals surface area contributed by atoms with Crippen LogP contribution in [0.2, 0.25) is 0 Å². The zero-order chi connectivity index (χ0) is 19.4. The number of piperidine rings is 1. The summed E-state index contributed by atoms with van der Waals surface area (Å²) in [5.41, 5.74) is 0.227. The van der Waals surface area contributed by atoms with Crippen molar-refractivity contribution >= 4 is 12.0 Å². The molecule has 2 aliphatic rings. The van der Waals surface area contributed by atoms with Crippen molar-refractivity contribution in [1.82, 2.24) is 9.80 Å². The van der Waals surface area contributed by atoms with E-state index in [9.17, 15) is 9.59 Å². The zero-order valence-corrected chi connectivity index (χ0v) is 16.6. The van der Waals surface area contributed by atoms with E-state index in [1.54, 1.807) is 0 Å². The predicted octanol–water partition coefficient (Wildman–Crippen LogP) is 3.70. The van der Waals surface area contributed by atoms with Crippen LogP contribution in [-0.4, -0.2) is 59.7 Å². The van der Waals surface area contributed by atoms with Crippen LogP contribution in [0.4, 0.5) is 4.79 Å². The summed E-state index contributed by atoms with van der Waals surface area (Å²) in [6.45, 7) is 8.59. The van der Waals surface area contributed by atoms with Gasteiger partial charge in [0.05, 0.1) is 13.2 Å². The van der Waals surface area contributed by atoms with Crippen LogP contribution < -0.4 is 4.74 Å². The first kappa shape index (κ1) is 19.5. The van der Waals surface area contributed by atoms with Crippen molar-refractivity contribution in [3.8, 4) is 5.75 Å². The van der Waals surface area contributed by atoms with Crippen molar-refractivity contribution < 1.29 is 19.1 Å². The lowest BCUT2D eigenvalue weighted by molar-refractivity contribution is 0.00307. The second kappa shape index (κ2) is 8.19. The van der Waals surface area contributed by atoms with E-state index >= 15 is 0 Å². The third-order valence-electron chi connectivity index (χ3n) is 5.61. The number of rotatable bonds is 6. The quantitative estimate of drug-likeness (QED) is 0.762. The molecule has 2 aliphatic heterocycles. The highest BCUT2D eigenvalue weighted by molar-refractivity contribution is 5.94. The number of hydrogen-bond donors (Lipinski definition) is 0. The molecule has 6 nitrogen and oxygen atoms in total. The number of hydrogen-bond acceptors (Lipinski definition) is 4. The first-order valence-electron chi connectivity index (χ1n) is 10.00. The molecule has 3 rings (SSSR count). The summed E-state index contributed by atoms with van der Waals surface area (Å²) in [5.74, 6) is 0.791. The smallest absolute Gasteiger partial charge is 0.410 e. The van der Waals surface area contributed by atoms with Gasteiger partial charge in [0.2, 0.25) is 0 Å². The van der Waals surface area contributed by atoms with Gasteiger partial charge in [-0.1, -0.05) is 13.3 Å². The number of amides is 2. The molecule has 0 aliphatic carbocycles. The van der Waals surface area contributed by atoms with Gasteiger partial charge in [-0.15, -0.1) is 0 Å². The molecule has 0 bridgehead atoms. The predicted molar refractivity (Wildman–Crippen MR) is 103 cm³/mol. The third-order valence-corrected chi connectivity index (χ3v) is 5.61. The fourth-order valence-corrected chi connectivity index (χ4v) is 3.98. The molecule has 1 aromatic rings. The van der Waals surface area contributed by atoms with Gasteiger partial charge >= 0.3 is 6.09 Å². The molecule has 2 amide bonds. The van der Waals surface area contributed by atoms with Gasteiger partial charge in [-0.3, -0.25) is 4.79 Å². The van der Waals surface area contributed by atoms with Crippen molar-refractivity contribution in [1.29, 1.82) is 0 Å². The maximum Gasteiger partial charge on any atom is 0.410 e. The van der Waals surface area contributed by atoms with Gasteiger partial charge in [-0.2, -0.15) is 0 Å². The molecule has 1 unspecified atom stereocenters. The molecule has 1 spiro atoms. The Balaban J connectivity index is 1.58. The van der Waals surface area contributed by atoms with Crippen molar-refractivity contribution in [2.75, 3.05) is 26.2 Å². The molecule has 2 fully saturated rings. The topological polar surface area (TPSA) is 59.1 Å². The molecule has 27 heavy (non-hydrogen) atoms. The van der Waals surface area contributed by atoms with E-state index in [2.05, 4.69) is 13.8 Å². The number of ether oxygens (including phenoxy) is 2. The Morgan fingerprint density at radius 1 is 1.22 bits per heavy atom. The molecule has 0 aromatic heterocycles. The summed E-state index contributed by atoms with van der Waals surface area (Å²) in [4.78, 5) is 28.8. The Morgan fingerprint density at radius 3 is 2.48 bits per heavy atom. The molecule has 0 N–H and O–H groups in total. The maximum atomic E-state index is 12.8. The van der Waals surface area contributed by atoms with Gasteiger partial charge in [0, 0.05) is 37.5 Å². The van der Waals surface area contributed by atoms with E-state index in [1.165, 1.54) is 0 Å². The molecule has 148 valence electrons. The summed E-state index contributed by atoms with van der Waals surface area (Å²) in [7, 11) is 0. The lowest BCUT2D eigenvalue weighted by Gasteiger charge is -2.37. The lowest BCUT2D eigenvalue weighted by atomic mass is 9.90. The molecule has 2 saturated heterocycles. The van der Waals surface area contributed by atoms with E-state index < -0.39 is 5.60 Å². The van der Waals surface area contributed by atoms with Crippen molar-refractivity contribution in [2.45, 2.75) is 58.1 Å².